The summed E-state index contributed by atoms with van der Waals surface area (Å²) < 4.78 is 1.78. The number of halogens is 1. The van der Waals surface area contributed by atoms with Crippen molar-refractivity contribution in [1.29, 1.82) is 0 Å². The zero-order valence-electron chi connectivity index (χ0n) is 15.7. The molecule has 28 heavy (non-hydrogen) atoms. The van der Waals surface area contributed by atoms with Crippen LogP contribution in [-0.4, -0.2) is 45.2 Å². The number of carbonyl (C=O) groups is 1. The lowest BCUT2D eigenvalue weighted by atomic mass is 9.94. The molecule has 2 N–H and O–H groups in total. The Balaban J connectivity index is 1.98. The van der Waals surface area contributed by atoms with E-state index in [0.29, 0.717) is 11.6 Å². The summed E-state index contributed by atoms with van der Waals surface area (Å²) >= 11 is 6.35. The van der Waals surface area contributed by atoms with Crippen LogP contribution < -0.4 is 10.6 Å². The topological polar surface area (TPSA) is 74.6 Å². The Kier molecular flexibility index (Phi) is 5.19. The smallest absolute Gasteiger partial charge is 0.316 e. The Morgan fingerprint density at radius 3 is 2.82 bits per heavy atom. The van der Waals surface area contributed by atoms with Crippen LogP contribution in [0.15, 0.2) is 48.8 Å². The Bertz CT molecular complexity index is 983. The average molecular weight is 399 g/mol. The molecular formula is C20H23ClN6O. The van der Waals surface area contributed by atoms with Crippen LogP contribution in [0.5, 0.6) is 0 Å². The number of urea groups is 1. The number of nitrogens with zero attached hydrogens (tertiary/aromatic N) is 4. The molecule has 1 fully saturated rings. The number of likely N-dealkylation sites (tertiary alicyclic amines) is 1. The van der Waals surface area contributed by atoms with Gasteiger partial charge in [0.2, 0.25) is 0 Å². The molecule has 1 aliphatic heterocycles. The van der Waals surface area contributed by atoms with E-state index in [1.165, 1.54) is 0 Å². The molecule has 1 aliphatic rings. The van der Waals surface area contributed by atoms with Gasteiger partial charge in [-0.25, -0.2) is 14.3 Å². The third-order valence-electron chi connectivity index (χ3n) is 5.10. The van der Waals surface area contributed by atoms with E-state index in [4.69, 9.17) is 11.6 Å². The summed E-state index contributed by atoms with van der Waals surface area (Å²) in [4.78, 5) is 19.6. The molecule has 0 radical (unpaired) electrons. The molecule has 1 atom stereocenters. The monoisotopic (exact) mass is 398 g/mol. The van der Waals surface area contributed by atoms with Gasteiger partial charge >= 0.3 is 6.03 Å². The molecule has 1 unspecified atom stereocenters. The summed E-state index contributed by atoms with van der Waals surface area (Å²) in [5.41, 5.74) is 1.44. The van der Waals surface area contributed by atoms with Gasteiger partial charge in [0, 0.05) is 36.4 Å². The first-order chi connectivity index (χ1) is 13.6. The number of hydrogen-bond acceptors (Lipinski definition) is 4. The van der Waals surface area contributed by atoms with E-state index >= 15 is 0 Å². The molecule has 0 saturated carbocycles. The van der Waals surface area contributed by atoms with Gasteiger partial charge in [0.15, 0.2) is 11.3 Å². The second kappa shape index (κ2) is 7.77. The van der Waals surface area contributed by atoms with E-state index in [-0.39, 0.29) is 6.03 Å². The first kappa shape index (κ1) is 18.7. The number of hydrogen-bond donors (Lipinski definition) is 2. The van der Waals surface area contributed by atoms with Gasteiger partial charge in [-0.3, -0.25) is 4.90 Å². The molecule has 0 spiro atoms. The lowest BCUT2D eigenvalue weighted by Gasteiger charge is -2.42. The predicted octanol–water partition coefficient (Wildman–Crippen LogP) is 3.00. The van der Waals surface area contributed by atoms with E-state index in [0.717, 1.165) is 42.8 Å². The fraction of sp³-hybridized carbons (Fsp3) is 0.350. The summed E-state index contributed by atoms with van der Waals surface area (Å²) in [5, 5.41) is 11.2. The van der Waals surface area contributed by atoms with Crippen LogP contribution in [0.4, 0.5) is 4.79 Å². The Hall–Kier alpha value is -2.64. The molecule has 0 bridgehead atoms. The zero-order valence-corrected chi connectivity index (χ0v) is 16.5. The molecule has 146 valence electrons. The minimum Gasteiger partial charge on any atom is -0.338 e. The first-order valence-corrected chi connectivity index (χ1v) is 9.89. The van der Waals surface area contributed by atoms with E-state index < -0.39 is 5.66 Å². The highest BCUT2D eigenvalue weighted by Gasteiger charge is 2.45. The molecule has 0 aliphatic carbocycles. The number of benzene rings is 1. The van der Waals surface area contributed by atoms with Crippen molar-refractivity contribution in [1.82, 2.24) is 30.1 Å². The van der Waals surface area contributed by atoms with Crippen LogP contribution in [0.3, 0.4) is 0 Å². The lowest BCUT2D eigenvalue weighted by molar-refractivity contribution is 0.117. The molecule has 4 rings (SSSR count). The van der Waals surface area contributed by atoms with Crippen LogP contribution >= 0.6 is 11.6 Å². The van der Waals surface area contributed by atoms with E-state index in [2.05, 4.69) is 25.6 Å². The van der Waals surface area contributed by atoms with Gasteiger partial charge in [0.05, 0.1) is 6.20 Å². The van der Waals surface area contributed by atoms with Gasteiger partial charge < -0.3 is 10.6 Å². The summed E-state index contributed by atoms with van der Waals surface area (Å²) in [5.74, 6) is 0. The summed E-state index contributed by atoms with van der Waals surface area (Å²) in [6.07, 6.45) is 5.62. The maximum Gasteiger partial charge on any atom is 0.316 e. The Morgan fingerprint density at radius 2 is 2.07 bits per heavy atom. The summed E-state index contributed by atoms with van der Waals surface area (Å²) in [6, 6.07) is 11.1. The van der Waals surface area contributed by atoms with Gasteiger partial charge in [0.1, 0.15) is 5.69 Å². The van der Waals surface area contributed by atoms with Crippen LogP contribution in [0.1, 0.15) is 31.0 Å². The van der Waals surface area contributed by atoms with Gasteiger partial charge in [-0.15, -0.1) is 0 Å². The van der Waals surface area contributed by atoms with Crippen LogP contribution in [0.25, 0.3) is 5.65 Å². The molecule has 8 heteroatoms. The normalized spacial score (nSPS) is 16.8. The SMILES string of the molecule is CCNC(=O)NC(c1cccc(Cl)c1)(c1cnc2cccnn12)N1CCCC1. The minimum absolute atomic E-state index is 0.250. The summed E-state index contributed by atoms with van der Waals surface area (Å²) in [7, 11) is 0. The van der Waals surface area contributed by atoms with Crippen molar-refractivity contribution < 1.29 is 4.79 Å². The molecule has 1 saturated heterocycles. The van der Waals surface area contributed by atoms with Crippen molar-refractivity contribution >= 4 is 23.3 Å². The van der Waals surface area contributed by atoms with E-state index in [9.17, 15) is 4.79 Å². The molecule has 2 aromatic heterocycles. The second-order valence-electron chi connectivity index (χ2n) is 6.84. The highest BCUT2D eigenvalue weighted by Crippen LogP contribution is 2.37. The number of fused-ring (bicyclic) bond motifs is 1. The number of imidazole rings is 1. The van der Waals surface area contributed by atoms with Crippen LogP contribution in [0, 0.1) is 0 Å². The molecule has 2 amide bonds. The van der Waals surface area contributed by atoms with Gasteiger partial charge in [-0.05, 0) is 44.0 Å². The first-order valence-electron chi connectivity index (χ1n) is 9.51. The largest absolute Gasteiger partial charge is 0.338 e. The van der Waals surface area contributed by atoms with Crippen molar-refractivity contribution in [3.8, 4) is 0 Å². The zero-order chi connectivity index (χ0) is 19.6. The highest BCUT2D eigenvalue weighted by atomic mass is 35.5. The van der Waals surface area contributed by atoms with Crippen molar-refractivity contribution in [3.63, 3.8) is 0 Å². The van der Waals surface area contributed by atoms with Crippen molar-refractivity contribution in [3.05, 3.63) is 65.1 Å². The minimum atomic E-state index is -0.936. The third-order valence-corrected chi connectivity index (χ3v) is 5.34. The number of carbonyl (C=O) groups excluding carboxylic acids is 1. The van der Waals surface area contributed by atoms with E-state index in [1.54, 1.807) is 16.9 Å². The second-order valence-corrected chi connectivity index (χ2v) is 7.27. The maximum atomic E-state index is 12.8. The predicted molar refractivity (Wildman–Crippen MR) is 108 cm³/mol. The summed E-state index contributed by atoms with van der Waals surface area (Å²) in [6.45, 7) is 4.12. The highest BCUT2D eigenvalue weighted by molar-refractivity contribution is 6.30. The maximum absolute atomic E-state index is 12.8. The van der Waals surface area contributed by atoms with Crippen LogP contribution in [-0.2, 0) is 5.66 Å². The molecular weight excluding hydrogens is 376 g/mol. The van der Waals surface area contributed by atoms with Crippen molar-refractivity contribution in [2.24, 2.45) is 0 Å². The standard InChI is InChI=1S/C20H23ClN6O/c1-2-22-19(28)25-20(26-11-3-4-12-26,15-7-5-8-16(21)13-15)17-14-23-18-9-6-10-24-27(17)18/h5-10,13-14H,2-4,11-12H2,1H3,(H2,22,25,28). The number of amides is 2. The van der Waals surface area contributed by atoms with Gasteiger partial charge in [-0.2, -0.15) is 5.10 Å². The quantitative estimate of drug-likeness (QED) is 0.692. The van der Waals surface area contributed by atoms with E-state index in [1.807, 2.05) is 43.3 Å². The van der Waals surface area contributed by atoms with Crippen molar-refractivity contribution in [2.75, 3.05) is 19.6 Å². The van der Waals surface area contributed by atoms with Gasteiger partial charge in [0.25, 0.3) is 0 Å². The Labute approximate surface area is 168 Å². The average Bonchev–Trinajstić information content (AvgIpc) is 3.37. The fourth-order valence-electron chi connectivity index (χ4n) is 3.92. The lowest BCUT2D eigenvalue weighted by Crippen LogP contribution is -2.60. The molecule has 3 aromatic rings. The number of aromatic nitrogens is 3. The van der Waals surface area contributed by atoms with Gasteiger partial charge in [-0.1, -0.05) is 23.7 Å². The Morgan fingerprint density at radius 1 is 1.25 bits per heavy atom. The molecule has 3 heterocycles. The fourth-order valence-corrected chi connectivity index (χ4v) is 4.11. The number of nitrogens with one attached hydrogen (secondary N) is 2. The third kappa shape index (κ3) is 3.21. The molecule has 1 aromatic carbocycles. The van der Waals surface area contributed by atoms with Crippen LogP contribution in [0.2, 0.25) is 5.02 Å². The van der Waals surface area contributed by atoms with Crippen molar-refractivity contribution in [2.45, 2.75) is 25.4 Å². The number of rotatable bonds is 5. The molecule has 7 nitrogen and oxygen atoms in total.